The molecule has 0 saturated carbocycles. The largest absolute Gasteiger partial charge is 0.459 e. The molecule has 0 saturated heterocycles. The summed E-state index contributed by atoms with van der Waals surface area (Å²) in [4.78, 5) is 23.4. The summed E-state index contributed by atoms with van der Waals surface area (Å²) >= 11 is 0. The number of benzene rings is 1. The van der Waals surface area contributed by atoms with Gasteiger partial charge in [-0.25, -0.2) is 4.79 Å². The molecule has 1 rings (SSSR count). The van der Waals surface area contributed by atoms with Crippen LogP contribution in [0.15, 0.2) is 24.3 Å². The van der Waals surface area contributed by atoms with Crippen molar-refractivity contribution in [3.63, 3.8) is 0 Å². The first-order valence-corrected chi connectivity index (χ1v) is 11.1. The summed E-state index contributed by atoms with van der Waals surface area (Å²) < 4.78 is 5.05. The molecule has 0 atom stereocenters. The summed E-state index contributed by atoms with van der Waals surface area (Å²) in [6, 6.07) is 7.83. The minimum absolute atomic E-state index is 0.328. The Labute approximate surface area is 171 Å². The van der Waals surface area contributed by atoms with Crippen molar-refractivity contribution >= 4 is 11.9 Å². The number of unbranched alkanes of at least 4 members (excludes halogenated alkanes) is 11. The van der Waals surface area contributed by atoms with Crippen LogP contribution in [0.2, 0.25) is 0 Å². The van der Waals surface area contributed by atoms with Gasteiger partial charge >= 0.3 is 11.9 Å². The van der Waals surface area contributed by atoms with Crippen LogP contribution in [0.3, 0.4) is 0 Å². The third-order valence-corrected chi connectivity index (χ3v) is 4.99. The maximum absolute atomic E-state index is 11.7. The predicted octanol–water partition coefficient (Wildman–Crippen LogP) is 5.86. The van der Waals surface area contributed by atoms with Gasteiger partial charge in [0.15, 0.2) is 0 Å². The van der Waals surface area contributed by atoms with Gasteiger partial charge in [0, 0.05) is 6.54 Å². The standard InChI is InChI=1S/C24H39NO3/c1-3-4-5-6-7-8-9-10-11-12-13-14-19-28-24(27)23(26)25-20-22-17-15-21(2)16-18-22/h15-18H,3-14,19-20H2,1-2H3,(H,25,26). The molecule has 0 bridgehead atoms. The van der Waals surface area contributed by atoms with E-state index in [0.717, 1.165) is 24.0 Å². The van der Waals surface area contributed by atoms with E-state index >= 15 is 0 Å². The zero-order valence-electron chi connectivity index (χ0n) is 17.9. The van der Waals surface area contributed by atoms with Gasteiger partial charge in [0.1, 0.15) is 0 Å². The Bertz CT molecular complexity index is 539. The van der Waals surface area contributed by atoms with Gasteiger partial charge in [-0.3, -0.25) is 4.79 Å². The molecule has 1 amide bonds. The lowest BCUT2D eigenvalue weighted by atomic mass is 10.1. The highest BCUT2D eigenvalue weighted by atomic mass is 16.5. The Balaban J connectivity index is 1.91. The molecule has 1 aromatic rings. The van der Waals surface area contributed by atoms with Gasteiger partial charge in [0.05, 0.1) is 6.61 Å². The Morgan fingerprint density at radius 2 is 1.29 bits per heavy atom. The van der Waals surface area contributed by atoms with Gasteiger partial charge in [-0.05, 0) is 18.9 Å². The van der Waals surface area contributed by atoms with Crippen LogP contribution in [0.4, 0.5) is 0 Å². The zero-order chi connectivity index (χ0) is 20.5. The number of aryl methyl sites for hydroxylation is 1. The van der Waals surface area contributed by atoms with Crippen LogP contribution in [0.25, 0.3) is 0 Å². The average Bonchev–Trinajstić information content (AvgIpc) is 2.70. The number of rotatable bonds is 15. The second kappa shape index (κ2) is 16.1. The van der Waals surface area contributed by atoms with Gasteiger partial charge < -0.3 is 10.1 Å². The SMILES string of the molecule is CCCCCCCCCCCCCCOC(=O)C(=O)NCc1ccc(C)cc1. The van der Waals surface area contributed by atoms with Crippen molar-refractivity contribution in [3.05, 3.63) is 35.4 Å². The van der Waals surface area contributed by atoms with E-state index in [-0.39, 0.29) is 0 Å². The fourth-order valence-electron chi connectivity index (χ4n) is 3.13. The Kier molecular flexibility index (Phi) is 14.0. The maximum Gasteiger partial charge on any atom is 0.396 e. The third kappa shape index (κ3) is 12.5. The first-order chi connectivity index (χ1) is 13.6. The van der Waals surface area contributed by atoms with Crippen LogP contribution < -0.4 is 5.32 Å². The highest BCUT2D eigenvalue weighted by Crippen LogP contribution is 2.12. The fourth-order valence-corrected chi connectivity index (χ4v) is 3.13. The number of nitrogens with one attached hydrogen (secondary N) is 1. The molecule has 0 heterocycles. The van der Waals surface area contributed by atoms with Crippen molar-refractivity contribution in [3.8, 4) is 0 Å². The average molecular weight is 390 g/mol. The summed E-state index contributed by atoms with van der Waals surface area (Å²) in [7, 11) is 0. The molecule has 0 aliphatic carbocycles. The number of ether oxygens (including phenoxy) is 1. The number of esters is 1. The molecule has 0 radical (unpaired) electrons. The molecule has 0 aliphatic rings. The van der Waals surface area contributed by atoms with Crippen molar-refractivity contribution in [2.75, 3.05) is 6.61 Å². The van der Waals surface area contributed by atoms with Crippen LogP contribution >= 0.6 is 0 Å². The molecule has 28 heavy (non-hydrogen) atoms. The highest BCUT2D eigenvalue weighted by Gasteiger charge is 2.14. The second-order valence-electron chi connectivity index (χ2n) is 7.69. The molecule has 0 spiro atoms. The molecular weight excluding hydrogens is 350 g/mol. The number of carbonyl (C=O) groups is 2. The van der Waals surface area contributed by atoms with Crippen LogP contribution in [0, 0.1) is 6.92 Å². The number of hydrogen-bond acceptors (Lipinski definition) is 3. The quantitative estimate of drug-likeness (QED) is 0.232. The Morgan fingerprint density at radius 3 is 1.82 bits per heavy atom. The molecule has 0 aliphatic heterocycles. The van der Waals surface area contributed by atoms with E-state index in [1.807, 2.05) is 31.2 Å². The van der Waals surface area contributed by atoms with Gasteiger partial charge in [0.2, 0.25) is 0 Å². The van der Waals surface area contributed by atoms with E-state index in [1.54, 1.807) is 0 Å². The minimum Gasteiger partial charge on any atom is -0.459 e. The van der Waals surface area contributed by atoms with Crippen molar-refractivity contribution in [1.29, 1.82) is 0 Å². The summed E-state index contributed by atoms with van der Waals surface area (Å²) in [5, 5.41) is 2.60. The number of hydrogen-bond donors (Lipinski definition) is 1. The van der Waals surface area contributed by atoms with Crippen molar-refractivity contribution < 1.29 is 14.3 Å². The molecule has 0 unspecified atom stereocenters. The monoisotopic (exact) mass is 389 g/mol. The van der Waals surface area contributed by atoms with Crippen LogP contribution in [-0.4, -0.2) is 18.5 Å². The summed E-state index contributed by atoms with van der Waals surface area (Å²) in [6.07, 6.45) is 15.1. The Hall–Kier alpha value is -1.84. The molecule has 0 fully saturated rings. The van der Waals surface area contributed by atoms with E-state index in [9.17, 15) is 9.59 Å². The second-order valence-corrected chi connectivity index (χ2v) is 7.69. The van der Waals surface area contributed by atoms with Crippen molar-refractivity contribution in [2.45, 2.75) is 97.4 Å². The third-order valence-electron chi connectivity index (χ3n) is 4.99. The van der Waals surface area contributed by atoms with Crippen molar-refractivity contribution in [1.82, 2.24) is 5.32 Å². The summed E-state index contributed by atoms with van der Waals surface area (Å²) in [5.74, 6) is -1.45. The lowest BCUT2D eigenvalue weighted by molar-refractivity contribution is -0.155. The van der Waals surface area contributed by atoms with E-state index in [1.165, 1.54) is 64.2 Å². The normalized spacial score (nSPS) is 10.6. The molecular formula is C24H39NO3. The van der Waals surface area contributed by atoms with Gasteiger partial charge in [-0.15, -0.1) is 0 Å². The minimum atomic E-state index is -0.782. The van der Waals surface area contributed by atoms with Crippen LogP contribution in [-0.2, 0) is 20.9 Å². The van der Waals surface area contributed by atoms with E-state index in [4.69, 9.17) is 4.74 Å². The smallest absolute Gasteiger partial charge is 0.396 e. The molecule has 0 aromatic heterocycles. The predicted molar refractivity (Wildman–Crippen MR) is 115 cm³/mol. The summed E-state index contributed by atoms with van der Waals surface area (Å²) in [5.41, 5.74) is 2.13. The molecule has 158 valence electrons. The van der Waals surface area contributed by atoms with Crippen molar-refractivity contribution in [2.24, 2.45) is 0 Å². The lowest BCUT2D eigenvalue weighted by Gasteiger charge is -2.07. The van der Waals surface area contributed by atoms with E-state index < -0.39 is 11.9 Å². The van der Waals surface area contributed by atoms with Crippen LogP contribution in [0.1, 0.15) is 95.1 Å². The summed E-state index contributed by atoms with van der Waals surface area (Å²) in [6.45, 7) is 4.93. The maximum atomic E-state index is 11.7. The molecule has 1 aromatic carbocycles. The van der Waals surface area contributed by atoms with Gasteiger partial charge in [-0.1, -0.05) is 107 Å². The first kappa shape index (κ1) is 24.2. The highest BCUT2D eigenvalue weighted by molar-refractivity contribution is 6.32. The van der Waals surface area contributed by atoms with Gasteiger partial charge in [0.25, 0.3) is 0 Å². The molecule has 1 N–H and O–H groups in total. The fraction of sp³-hybridized carbons (Fsp3) is 0.667. The van der Waals surface area contributed by atoms with E-state index in [0.29, 0.717) is 13.2 Å². The molecule has 4 nitrogen and oxygen atoms in total. The first-order valence-electron chi connectivity index (χ1n) is 11.1. The zero-order valence-corrected chi connectivity index (χ0v) is 17.9. The molecule has 4 heteroatoms. The lowest BCUT2D eigenvalue weighted by Crippen LogP contribution is -2.32. The topological polar surface area (TPSA) is 55.4 Å². The van der Waals surface area contributed by atoms with Crippen LogP contribution in [0.5, 0.6) is 0 Å². The van der Waals surface area contributed by atoms with Gasteiger partial charge in [-0.2, -0.15) is 0 Å². The Morgan fingerprint density at radius 1 is 0.786 bits per heavy atom. The number of amides is 1. The number of carbonyl (C=O) groups excluding carboxylic acids is 2. The van der Waals surface area contributed by atoms with E-state index in [2.05, 4.69) is 12.2 Å².